The Labute approximate surface area is 116 Å². The maximum atomic E-state index is 12.4. The van der Waals surface area contributed by atoms with Crippen LogP contribution in [0.5, 0.6) is 0 Å². The Bertz CT molecular complexity index is 486. The van der Waals surface area contributed by atoms with Gasteiger partial charge < -0.3 is 0 Å². The molecule has 0 aromatic heterocycles. The maximum Gasteiger partial charge on any atom is 0.389 e. The van der Waals surface area contributed by atoms with Crippen molar-refractivity contribution in [2.45, 2.75) is 43.8 Å². The van der Waals surface area contributed by atoms with E-state index in [1.807, 2.05) is 12.1 Å². The van der Waals surface area contributed by atoms with Crippen LogP contribution in [0, 0.1) is 11.8 Å². The smallest absolute Gasteiger partial charge is 0.271 e. The number of nitrogens with two attached hydrogens (primary N) is 1. The van der Waals surface area contributed by atoms with Crippen molar-refractivity contribution in [2.75, 3.05) is 0 Å². The van der Waals surface area contributed by atoms with Crippen molar-refractivity contribution < 1.29 is 13.2 Å². The molecule has 0 aliphatic heterocycles. The summed E-state index contributed by atoms with van der Waals surface area (Å²) in [6, 6.07) is 8.04. The fourth-order valence-corrected chi connectivity index (χ4v) is 3.87. The van der Waals surface area contributed by atoms with Gasteiger partial charge in [-0.05, 0) is 48.1 Å². The van der Waals surface area contributed by atoms with Gasteiger partial charge in [-0.15, -0.1) is 0 Å². The Hall–Kier alpha value is -1.07. The van der Waals surface area contributed by atoms with Gasteiger partial charge in [-0.3, -0.25) is 11.3 Å². The molecule has 0 bridgehead atoms. The molecule has 0 amide bonds. The molecule has 0 heterocycles. The Balaban J connectivity index is 1.70. The predicted octanol–water partition coefficient (Wildman–Crippen LogP) is 3.14. The van der Waals surface area contributed by atoms with Crippen LogP contribution in [0.2, 0.25) is 0 Å². The SMILES string of the molecule is NNC(CCC(F)(F)F)C1C2CCc3ccccc3C21. The van der Waals surface area contributed by atoms with Crippen LogP contribution in [0.1, 0.15) is 36.3 Å². The number of hydrogen-bond donors (Lipinski definition) is 2. The topological polar surface area (TPSA) is 38.0 Å². The summed E-state index contributed by atoms with van der Waals surface area (Å²) < 4.78 is 37.1. The largest absolute Gasteiger partial charge is 0.389 e. The van der Waals surface area contributed by atoms with Gasteiger partial charge in [0.1, 0.15) is 0 Å². The minimum absolute atomic E-state index is 0.0693. The van der Waals surface area contributed by atoms with Crippen LogP contribution in [0.15, 0.2) is 24.3 Å². The van der Waals surface area contributed by atoms with Gasteiger partial charge in [0.2, 0.25) is 0 Å². The number of hydrazine groups is 1. The summed E-state index contributed by atoms with van der Waals surface area (Å²) in [4.78, 5) is 0. The molecule has 110 valence electrons. The molecule has 0 spiro atoms. The van der Waals surface area contributed by atoms with E-state index in [9.17, 15) is 13.2 Å². The summed E-state index contributed by atoms with van der Waals surface area (Å²) in [5.41, 5.74) is 5.29. The first-order chi connectivity index (χ1) is 9.51. The van der Waals surface area contributed by atoms with Crippen molar-refractivity contribution in [3.8, 4) is 0 Å². The Morgan fingerprint density at radius 1 is 1.30 bits per heavy atom. The molecule has 2 aliphatic rings. The summed E-state index contributed by atoms with van der Waals surface area (Å²) in [6.45, 7) is 0. The molecule has 0 radical (unpaired) electrons. The zero-order chi connectivity index (χ0) is 14.3. The van der Waals surface area contributed by atoms with E-state index in [4.69, 9.17) is 5.84 Å². The zero-order valence-corrected chi connectivity index (χ0v) is 11.2. The second kappa shape index (κ2) is 5.04. The number of aryl methyl sites for hydroxylation is 1. The lowest BCUT2D eigenvalue weighted by Crippen LogP contribution is -2.38. The van der Waals surface area contributed by atoms with Gasteiger partial charge in [-0.25, -0.2) is 0 Å². The number of halogens is 3. The second-order valence-electron chi connectivity index (χ2n) is 5.93. The van der Waals surface area contributed by atoms with Crippen molar-refractivity contribution in [1.29, 1.82) is 0 Å². The number of hydrogen-bond acceptors (Lipinski definition) is 2. The molecule has 2 nitrogen and oxygen atoms in total. The molecule has 4 unspecified atom stereocenters. The van der Waals surface area contributed by atoms with Crippen LogP contribution in [-0.2, 0) is 6.42 Å². The summed E-state index contributed by atoms with van der Waals surface area (Å²) in [6.07, 6.45) is -2.70. The van der Waals surface area contributed by atoms with Gasteiger partial charge in [-0.2, -0.15) is 13.2 Å². The lowest BCUT2D eigenvalue weighted by molar-refractivity contribution is -0.137. The maximum absolute atomic E-state index is 12.4. The van der Waals surface area contributed by atoms with Crippen molar-refractivity contribution >= 4 is 0 Å². The van der Waals surface area contributed by atoms with Gasteiger partial charge in [0.15, 0.2) is 0 Å². The van der Waals surface area contributed by atoms with E-state index < -0.39 is 12.6 Å². The Kier molecular flexibility index (Phi) is 3.50. The summed E-state index contributed by atoms with van der Waals surface area (Å²) >= 11 is 0. The molecule has 1 saturated carbocycles. The second-order valence-corrected chi connectivity index (χ2v) is 5.93. The van der Waals surface area contributed by atoms with Crippen LogP contribution in [0.4, 0.5) is 13.2 Å². The average Bonchev–Trinajstić information content (AvgIpc) is 3.13. The highest BCUT2D eigenvalue weighted by atomic mass is 19.4. The van der Waals surface area contributed by atoms with Gasteiger partial charge in [0.25, 0.3) is 0 Å². The van der Waals surface area contributed by atoms with Crippen LogP contribution >= 0.6 is 0 Å². The first-order valence-corrected chi connectivity index (χ1v) is 7.12. The molecular formula is C15H19F3N2. The fourth-order valence-electron chi connectivity index (χ4n) is 3.87. The van der Waals surface area contributed by atoms with E-state index in [0.717, 1.165) is 12.8 Å². The van der Waals surface area contributed by atoms with Crippen molar-refractivity contribution in [3.05, 3.63) is 35.4 Å². The third kappa shape index (κ3) is 2.56. The molecule has 0 saturated heterocycles. The van der Waals surface area contributed by atoms with Crippen molar-refractivity contribution in [3.63, 3.8) is 0 Å². The molecule has 1 fully saturated rings. The zero-order valence-electron chi connectivity index (χ0n) is 11.2. The van der Waals surface area contributed by atoms with Crippen LogP contribution in [-0.4, -0.2) is 12.2 Å². The lowest BCUT2D eigenvalue weighted by Gasteiger charge is -2.17. The molecule has 3 N–H and O–H groups in total. The normalized spacial score (nSPS) is 29.5. The van der Waals surface area contributed by atoms with Crippen LogP contribution < -0.4 is 11.3 Å². The van der Waals surface area contributed by atoms with Crippen LogP contribution in [0.25, 0.3) is 0 Å². The average molecular weight is 284 g/mol. The number of nitrogens with one attached hydrogen (secondary N) is 1. The molecule has 20 heavy (non-hydrogen) atoms. The minimum atomic E-state index is -4.10. The highest BCUT2D eigenvalue weighted by Gasteiger charge is 2.56. The van der Waals surface area contributed by atoms with E-state index in [2.05, 4.69) is 17.6 Å². The molecule has 5 heteroatoms. The Morgan fingerprint density at radius 2 is 2.05 bits per heavy atom. The minimum Gasteiger partial charge on any atom is -0.271 e. The molecule has 3 rings (SSSR count). The first-order valence-electron chi connectivity index (χ1n) is 7.12. The first kappa shape index (κ1) is 13.9. The number of fused-ring (bicyclic) bond motifs is 3. The third-order valence-electron chi connectivity index (χ3n) is 4.81. The monoisotopic (exact) mass is 284 g/mol. The number of benzene rings is 1. The van der Waals surface area contributed by atoms with Gasteiger partial charge >= 0.3 is 6.18 Å². The fraction of sp³-hybridized carbons (Fsp3) is 0.600. The van der Waals surface area contributed by atoms with E-state index >= 15 is 0 Å². The van der Waals surface area contributed by atoms with Gasteiger partial charge in [0.05, 0.1) is 0 Å². The van der Waals surface area contributed by atoms with E-state index in [1.165, 1.54) is 11.1 Å². The molecular weight excluding hydrogens is 265 g/mol. The van der Waals surface area contributed by atoms with E-state index in [0.29, 0.717) is 11.8 Å². The third-order valence-corrected chi connectivity index (χ3v) is 4.81. The quantitative estimate of drug-likeness (QED) is 0.658. The number of alkyl halides is 3. The van der Waals surface area contributed by atoms with E-state index in [-0.39, 0.29) is 18.4 Å². The van der Waals surface area contributed by atoms with Gasteiger partial charge in [0, 0.05) is 12.5 Å². The standard InChI is InChI=1S/C15H19F3N2/c16-15(17,18)8-7-12(20-19)14-11-6-5-9-3-1-2-4-10(9)13(11)14/h1-4,11-14,20H,5-8,19H2. The highest BCUT2D eigenvalue weighted by molar-refractivity contribution is 5.40. The molecule has 4 atom stereocenters. The van der Waals surface area contributed by atoms with Crippen LogP contribution in [0.3, 0.4) is 0 Å². The highest BCUT2D eigenvalue weighted by Crippen LogP contribution is 2.61. The Morgan fingerprint density at radius 3 is 2.75 bits per heavy atom. The molecule has 1 aromatic carbocycles. The lowest BCUT2D eigenvalue weighted by atomic mass is 9.92. The number of rotatable bonds is 4. The van der Waals surface area contributed by atoms with Crippen molar-refractivity contribution in [1.82, 2.24) is 5.43 Å². The summed E-state index contributed by atoms with van der Waals surface area (Å²) in [5.74, 6) is 6.65. The van der Waals surface area contributed by atoms with Gasteiger partial charge in [-0.1, -0.05) is 24.3 Å². The summed E-state index contributed by atoms with van der Waals surface area (Å²) in [7, 11) is 0. The summed E-state index contributed by atoms with van der Waals surface area (Å²) in [5, 5.41) is 0. The predicted molar refractivity (Wildman–Crippen MR) is 70.9 cm³/mol. The van der Waals surface area contributed by atoms with E-state index in [1.54, 1.807) is 0 Å². The molecule has 1 aromatic rings. The van der Waals surface area contributed by atoms with Crippen molar-refractivity contribution in [2.24, 2.45) is 17.7 Å². The molecule has 2 aliphatic carbocycles.